The van der Waals surface area contributed by atoms with Crippen molar-refractivity contribution in [2.75, 3.05) is 16.4 Å². The van der Waals surface area contributed by atoms with E-state index in [1.54, 1.807) is 17.2 Å². The fourth-order valence-electron chi connectivity index (χ4n) is 5.45. The predicted octanol–water partition coefficient (Wildman–Crippen LogP) is 5.17. The summed E-state index contributed by atoms with van der Waals surface area (Å²) < 4.78 is 28.8. The van der Waals surface area contributed by atoms with E-state index < -0.39 is 16.6 Å². The van der Waals surface area contributed by atoms with Crippen molar-refractivity contribution in [1.82, 2.24) is 14.8 Å². The Hall–Kier alpha value is -3.59. The van der Waals surface area contributed by atoms with Gasteiger partial charge in [-0.1, -0.05) is 43.5 Å². The number of fused-ring (bicyclic) bond motifs is 2. The first-order valence-electron chi connectivity index (χ1n) is 12.7. The number of nitrogens with zero attached hydrogens (tertiary/aromatic N) is 4. The average Bonchev–Trinajstić information content (AvgIpc) is 3.56. The molecule has 6 rings (SSSR count). The number of aromatic nitrogens is 3. The Balaban J connectivity index is 1.39. The summed E-state index contributed by atoms with van der Waals surface area (Å²) in [5.41, 5.74) is 9.21. The van der Waals surface area contributed by atoms with E-state index in [1.807, 2.05) is 41.2 Å². The molecule has 1 unspecified atom stereocenters. The van der Waals surface area contributed by atoms with Crippen LogP contribution in [-0.2, 0) is 23.8 Å². The van der Waals surface area contributed by atoms with Crippen LogP contribution >= 0.6 is 0 Å². The molecule has 7 nitrogen and oxygen atoms in total. The predicted molar refractivity (Wildman–Crippen MR) is 142 cm³/mol. The first kappa shape index (κ1) is 23.8. The van der Waals surface area contributed by atoms with Gasteiger partial charge in [0, 0.05) is 17.3 Å². The maximum Gasteiger partial charge on any atom is 0.261 e. The van der Waals surface area contributed by atoms with Crippen molar-refractivity contribution in [2.45, 2.75) is 56.0 Å². The summed E-state index contributed by atoms with van der Waals surface area (Å²) >= 11 is 0. The molecule has 0 radical (unpaired) electrons. The number of rotatable bonds is 5. The van der Waals surface area contributed by atoms with Crippen molar-refractivity contribution in [3.8, 4) is 0 Å². The topological polar surface area (TPSA) is 94.1 Å². The minimum absolute atomic E-state index is 0.163. The molecule has 2 aromatic carbocycles. The number of pyridine rings is 1. The van der Waals surface area contributed by atoms with E-state index in [0.29, 0.717) is 33.9 Å². The number of carbonyl (C=O) groups excluding carboxylic acids is 1. The highest BCUT2D eigenvalue weighted by atomic mass is 32.2. The number of hydrogen-bond donors (Lipinski definition) is 1. The Morgan fingerprint density at radius 3 is 2.84 bits per heavy atom. The number of aryl methyl sites for hydroxylation is 1. The number of nitrogens with two attached hydrogens (primary N) is 1. The number of amides is 1. The van der Waals surface area contributed by atoms with E-state index in [9.17, 15) is 13.4 Å². The van der Waals surface area contributed by atoms with Gasteiger partial charge in [-0.25, -0.2) is 9.37 Å². The van der Waals surface area contributed by atoms with E-state index >= 15 is 0 Å². The Labute approximate surface area is 216 Å². The largest absolute Gasteiger partial charge is 0.381 e. The van der Waals surface area contributed by atoms with Crippen molar-refractivity contribution in [1.29, 1.82) is 0 Å². The molecule has 190 valence electrons. The second-order valence-corrected chi connectivity index (χ2v) is 11.3. The average molecular weight is 518 g/mol. The van der Waals surface area contributed by atoms with Gasteiger partial charge in [-0.3, -0.25) is 13.7 Å². The summed E-state index contributed by atoms with van der Waals surface area (Å²) in [5, 5.41) is 5.17. The number of anilines is 2. The van der Waals surface area contributed by atoms with Crippen LogP contribution in [0.4, 0.5) is 15.9 Å². The lowest BCUT2D eigenvalue weighted by molar-refractivity contribution is 0.0984. The van der Waals surface area contributed by atoms with Crippen LogP contribution in [0.15, 0.2) is 59.8 Å². The first-order chi connectivity index (χ1) is 18.0. The Kier molecular flexibility index (Phi) is 6.24. The maximum atomic E-state index is 14.0. The molecule has 4 aromatic rings. The number of nitrogen functional groups attached to an aromatic ring is 1. The minimum Gasteiger partial charge on any atom is -0.381 e. The van der Waals surface area contributed by atoms with Gasteiger partial charge in [0.05, 0.1) is 51.2 Å². The molecule has 1 saturated carbocycles. The summed E-state index contributed by atoms with van der Waals surface area (Å²) in [4.78, 5) is 20.6. The summed E-state index contributed by atoms with van der Waals surface area (Å²) in [6.45, 7) is 0.232. The summed E-state index contributed by atoms with van der Waals surface area (Å²) in [7, 11) is -1.17. The Morgan fingerprint density at radius 1 is 1.16 bits per heavy atom. The van der Waals surface area contributed by atoms with E-state index in [4.69, 9.17) is 5.73 Å². The smallest absolute Gasteiger partial charge is 0.261 e. The molecule has 0 spiro atoms. The van der Waals surface area contributed by atoms with Gasteiger partial charge < -0.3 is 10.6 Å². The fourth-order valence-corrected chi connectivity index (χ4v) is 6.93. The lowest BCUT2D eigenvalue weighted by atomic mass is 9.96. The number of hydrogen-bond acceptors (Lipinski definition) is 5. The number of carbonyl (C=O) groups is 1. The molecule has 1 fully saturated rings. The van der Waals surface area contributed by atoms with Gasteiger partial charge in [0.15, 0.2) is 11.6 Å². The second kappa shape index (κ2) is 9.70. The van der Waals surface area contributed by atoms with Crippen molar-refractivity contribution in [2.24, 2.45) is 0 Å². The van der Waals surface area contributed by atoms with Crippen LogP contribution in [0.1, 0.15) is 59.6 Å². The highest BCUT2D eigenvalue weighted by Gasteiger charge is 2.29. The quantitative estimate of drug-likeness (QED) is 0.394. The van der Waals surface area contributed by atoms with Crippen LogP contribution in [0.3, 0.4) is 0 Å². The number of benzene rings is 2. The van der Waals surface area contributed by atoms with E-state index in [-0.39, 0.29) is 18.3 Å². The van der Waals surface area contributed by atoms with Crippen molar-refractivity contribution >= 4 is 39.1 Å². The van der Waals surface area contributed by atoms with Crippen LogP contribution in [0, 0.1) is 5.82 Å². The van der Waals surface area contributed by atoms with Crippen LogP contribution in [-0.4, -0.2) is 30.6 Å². The minimum atomic E-state index is -1.17. The van der Waals surface area contributed by atoms with Crippen LogP contribution in [0.5, 0.6) is 0 Å². The van der Waals surface area contributed by atoms with E-state index in [1.165, 1.54) is 25.3 Å². The lowest BCUT2D eigenvalue weighted by Gasteiger charge is -2.25. The zero-order valence-electron chi connectivity index (χ0n) is 20.4. The molecule has 1 atom stereocenters. The second-order valence-electron chi connectivity index (χ2n) is 9.84. The van der Waals surface area contributed by atoms with Gasteiger partial charge in [0.2, 0.25) is 0 Å². The van der Waals surface area contributed by atoms with Gasteiger partial charge in [0.1, 0.15) is 0 Å². The molecule has 2 aliphatic rings. The number of halogens is 1. The third kappa shape index (κ3) is 4.52. The Bertz CT molecular complexity index is 1530. The Morgan fingerprint density at radius 2 is 2.00 bits per heavy atom. The maximum absolute atomic E-state index is 14.0. The van der Waals surface area contributed by atoms with Crippen LogP contribution in [0.25, 0.3) is 10.9 Å². The van der Waals surface area contributed by atoms with Gasteiger partial charge in [-0.05, 0) is 48.6 Å². The first-order valence-corrected chi connectivity index (χ1v) is 14.0. The van der Waals surface area contributed by atoms with Gasteiger partial charge >= 0.3 is 0 Å². The summed E-state index contributed by atoms with van der Waals surface area (Å²) in [6.07, 6.45) is 9.93. The molecule has 0 saturated heterocycles. The van der Waals surface area contributed by atoms with Crippen LogP contribution in [0.2, 0.25) is 0 Å². The van der Waals surface area contributed by atoms with Gasteiger partial charge in [0.25, 0.3) is 5.91 Å². The highest BCUT2D eigenvalue weighted by molar-refractivity contribution is 7.85. The molecular formula is C28H28FN5O2S. The zero-order valence-corrected chi connectivity index (χ0v) is 21.2. The van der Waals surface area contributed by atoms with Crippen molar-refractivity contribution < 1.29 is 13.4 Å². The zero-order chi connectivity index (χ0) is 25.5. The van der Waals surface area contributed by atoms with E-state index in [0.717, 1.165) is 35.3 Å². The van der Waals surface area contributed by atoms with Crippen molar-refractivity contribution in [3.63, 3.8) is 0 Å². The third-order valence-corrected chi connectivity index (χ3v) is 8.90. The molecule has 1 aliphatic heterocycles. The molecule has 1 amide bonds. The molecule has 9 heteroatoms. The third-order valence-electron chi connectivity index (χ3n) is 7.40. The monoisotopic (exact) mass is 517 g/mol. The van der Waals surface area contributed by atoms with Gasteiger partial charge in [-0.15, -0.1) is 0 Å². The SMILES string of the molecule is Nc1nc2cc(CN(C(=O)c3cnn(C4CCCCC4)c3)c3cccc4c3S(=O)CC4)ccc2cc1F. The van der Waals surface area contributed by atoms with Crippen molar-refractivity contribution in [3.05, 3.63) is 77.4 Å². The fraction of sp³-hybridized carbons (Fsp3) is 0.321. The highest BCUT2D eigenvalue weighted by Crippen LogP contribution is 2.35. The summed E-state index contributed by atoms with van der Waals surface area (Å²) in [6, 6.07) is 12.9. The molecular weight excluding hydrogens is 489 g/mol. The van der Waals surface area contributed by atoms with Crippen LogP contribution < -0.4 is 10.6 Å². The molecule has 3 heterocycles. The summed E-state index contributed by atoms with van der Waals surface area (Å²) in [5.74, 6) is -0.372. The molecule has 2 aromatic heterocycles. The lowest BCUT2D eigenvalue weighted by Crippen LogP contribution is -2.31. The molecule has 0 bridgehead atoms. The van der Waals surface area contributed by atoms with Gasteiger partial charge in [-0.2, -0.15) is 5.10 Å². The molecule has 2 N–H and O–H groups in total. The molecule has 37 heavy (non-hydrogen) atoms. The van der Waals surface area contributed by atoms with E-state index in [2.05, 4.69) is 10.1 Å². The normalized spacial score (nSPS) is 17.7. The standard InChI is InChI=1S/C28H28FN5O2S/c29-23-14-20-10-9-18(13-24(20)32-27(23)30)16-33(25-8-4-5-19-11-12-37(36)26(19)25)28(35)21-15-31-34(17-21)22-6-2-1-3-7-22/h4-5,8-10,13-15,17,22H,1-3,6-7,11-12,16H2,(H2,30,32). The molecule has 1 aliphatic carbocycles.